The van der Waals surface area contributed by atoms with E-state index in [1.165, 1.54) is 0 Å². The van der Waals surface area contributed by atoms with Crippen molar-refractivity contribution in [2.45, 2.75) is 19.3 Å². The fourth-order valence-corrected chi connectivity index (χ4v) is 3.07. The number of halogens is 2. The molecule has 0 aliphatic rings. The summed E-state index contributed by atoms with van der Waals surface area (Å²) >= 11 is 6.89. The largest absolute Gasteiger partial charge is 0.342 e. The molecule has 1 amide bonds. The van der Waals surface area contributed by atoms with Crippen LogP contribution in [0, 0.1) is 0 Å². The molecular weight excluding hydrogens is 394 g/mol. The standard InChI is InChI=1S/C17H19Br2NO/c1-20(10-4-2-3-9-18)17(21)15-6-5-14-12-16(19)8-7-13(14)11-15/h5-8,11-12H,2-4,9-10H2,1H3. The van der Waals surface area contributed by atoms with Crippen LogP contribution < -0.4 is 0 Å². The minimum Gasteiger partial charge on any atom is -0.342 e. The zero-order valence-corrected chi connectivity index (χ0v) is 15.3. The number of hydrogen-bond donors (Lipinski definition) is 0. The van der Waals surface area contributed by atoms with Crippen LogP contribution in [0.25, 0.3) is 10.8 Å². The first kappa shape index (κ1) is 16.5. The van der Waals surface area contributed by atoms with Crippen molar-refractivity contribution in [2.75, 3.05) is 18.9 Å². The highest BCUT2D eigenvalue weighted by Crippen LogP contribution is 2.21. The van der Waals surface area contributed by atoms with Gasteiger partial charge in [-0.3, -0.25) is 4.79 Å². The van der Waals surface area contributed by atoms with Crippen molar-refractivity contribution in [3.05, 3.63) is 46.4 Å². The van der Waals surface area contributed by atoms with Gasteiger partial charge in [-0.1, -0.05) is 50.4 Å². The lowest BCUT2D eigenvalue weighted by atomic mass is 10.1. The summed E-state index contributed by atoms with van der Waals surface area (Å²) in [5.74, 6) is 0.0960. The Bertz CT molecular complexity index is 627. The van der Waals surface area contributed by atoms with E-state index in [-0.39, 0.29) is 5.91 Å². The Morgan fingerprint density at radius 1 is 1.05 bits per heavy atom. The SMILES string of the molecule is CN(CCCCCBr)C(=O)c1ccc2cc(Br)ccc2c1. The summed E-state index contributed by atoms with van der Waals surface area (Å²) < 4.78 is 1.05. The van der Waals surface area contributed by atoms with Gasteiger partial charge in [0.15, 0.2) is 0 Å². The number of benzene rings is 2. The number of amides is 1. The number of fused-ring (bicyclic) bond motifs is 1. The molecule has 0 saturated heterocycles. The van der Waals surface area contributed by atoms with E-state index >= 15 is 0 Å². The summed E-state index contributed by atoms with van der Waals surface area (Å²) in [7, 11) is 1.88. The summed E-state index contributed by atoms with van der Waals surface area (Å²) in [6.45, 7) is 0.810. The van der Waals surface area contributed by atoms with Crippen LogP contribution in [0.2, 0.25) is 0 Å². The number of alkyl halides is 1. The Kier molecular flexibility index (Phi) is 6.24. The van der Waals surface area contributed by atoms with Crippen molar-refractivity contribution in [2.24, 2.45) is 0 Å². The lowest BCUT2D eigenvalue weighted by Gasteiger charge is -2.17. The van der Waals surface area contributed by atoms with Crippen LogP contribution in [0.4, 0.5) is 0 Å². The Morgan fingerprint density at radius 3 is 2.52 bits per heavy atom. The van der Waals surface area contributed by atoms with Crippen molar-refractivity contribution >= 4 is 48.5 Å². The second-order valence-corrected chi connectivity index (χ2v) is 6.89. The van der Waals surface area contributed by atoms with Crippen molar-refractivity contribution in [3.8, 4) is 0 Å². The van der Waals surface area contributed by atoms with Crippen LogP contribution in [-0.2, 0) is 0 Å². The molecule has 2 rings (SSSR count). The molecule has 0 fully saturated rings. The Balaban J connectivity index is 2.06. The molecule has 0 radical (unpaired) electrons. The van der Waals surface area contributed by atoms with Gasteiger partial charge in [-0.25, -0.2) is 0 Å². The molecule has 0 unspecified atom stereocenters. The van der Waals surface area contributed by atoms with Gasteiger partial charge in [-0.15, -0.1) is 0 Å². The van der Waals surface area contributed by atoms with Crippen molar-refractivity contribution in [3.63, 3.8) is 0 Å². The Labute approximate surface area is 142 Å². The van der Waals surface area contributed by atoms with Crippen molar-refractivity contribution in [1.29, 1.82) is 0 Å². The molecule has 112 valence electrons. The van der Waals surface area contributed by atoms with Gasteiger partial charge in [0.1, 0.15) is 0 Å². The van der Waals surface area contributed by atoms with E-state index in [4.69, 9.17) is 0 Å². The van der Waals surface area contributed by atoms with E-state index in [9.17, 15) is 4.79 Å². The zero-order valence-electron chi connectivity index (χ0n) is 12.1. The fourth-order valence-electron chi connectivity index (χ4n) is 2.29. The minimum absolute atomic E-state index is 0.0960. The predicted octanol–water partition coefficient (Wildman–Crippen LogP) is 5.24. The van der Waals surface area contributed by atoms with Crippen LogP contribution >= 0.6 is 31.9 Å². The quantitative estimate of drug-likeness (QED) is 0.469. The monoisotopic (exact) mass is 411 g/mol. The van der Waals surface area contributed by atoms with Crippen LogP contribution in [0.1, 0.15) is 29.6 Å². The van der Waals surface area contributed by atoms with Gasteiger partial charge in [-0.05, 0) is 47.9 Å². The number of unbranched alkanes of at least 4 members (excludes halogenated alkanes) is 2. The average molecular weight is 413 g/mol. The second kappa shape index (κ2) is 7.95. The molecule has 0 N–H and O–H groups in total. The third-order valence-corrected chi connectivity index (χ3v) is 4.58. The maximum atomic E-state index is 12.4. The molecule has 4 heteroatoms. The molecule has 21 heavy (non-hydrogen) atoms. The van der Waals surface area contributed by atoms with Crippen LogP contribution in [0.5, 0.6) is 0 Å². The number of hydrogen-bond acceptors (Lipinski definition) is 1. The first-order valence-electron chi connectivity index (χ1n) is 7.12. The highest BCUT2D eigenvalue weighted by Gasteiger charge is 2.11. The van der Waals surface area contributed by atoms with Gasteiger partial charge in [0.05, 0.1) is 0 Å². The first-order valence-corrected chi connectivity index (χ1v) is 9.04. The molecule has 0 saturated carbocycles. The normalized spacial score (nSPS) is 10.8. The van der Waals surface area contributed by atoms with E-state index in [0.29, 0.717) is 0 Å². The van der Waals surface area contributed by atoms with E-state index in [0.717, 1.165) is 51.9 Å². The van der Waals surface area contributed by atoms with Gasteiger partial charge >= 0.3 is 0 Å². The number of carbonyl (C=O) groups is 1. The topological polar surface area (TPSA) is 20.3 Å². The van der Waals surface area contributed by atoms with Crippen molar-refractivity contribution < 1.29 is 4.79 Å². The third kappa shape index (κ3) is 4.55. The number of nitrogens with zero attached hydrogens (tertiary/aromatic N) is 1. The van der Waals surface area contributed by atoms with Crippen molar-refractivity contribution in [1.82, 2.24) is 4.90 Å². The maximum Gasteiger partial charge on any atom is 0.253 e. The Hall–Kier alpha value is -0.870. The van der Waals surface area contributed by atoms with E-state index < -0.39 is 0 Å². The smallest absolute Gasteiger partial charge is 0.253 e. The van der Waals surface area contributed by atoms with Gasteiger partial charge < -0.3 is 4.90 Å². The van der Waals surface area contributed by atoms with Crippen LogP contribution in [0.15, 0.2) is 40.9 Å². The van der Waals surface area contributed by atoms with Gasteiger partial charge in [0.25, 0.3) is 5.91 Å². The molecule has 0 bridgehead atoms. The summed E-state index contributed by atoms with van der Waals surface area (Å²) in [4.78, 5) is 14.2. The predicted molar refractivity (Wildman–Crippen MR) is 96.3 cm³/mol. The van der Waals surface area contributed by atoms with Gasteiger partial charge in [0.2, 0.25) is 0 Å². The molecule has 0 spiro atoms. The summed E-state index contributed by atoms with van der Waals surface area (Å²) in [6, 6.07) is 12.0. The molecule has 0 atom stereocenters. The Morgan fingerprint density at radius 2 is 1.76 bits per heavy atom. The van der Waals surface area contributed by atoms with E-state index in [2.05, 4.69) is 37.9 Å². The van der Waals surface area contributed by atoms with Gasteiger partial charge in [-0.2, -0.15) is 0 Å². The van der Waals surface area contributed by atoms with Crippen LogP contribution in [-0.4, -0.2) is 29.7 Å². The van der Waals surface area contributed by atoms with E-state index in [1.54, 1.807) is 0 Å². The first-order chi connectivity index (χ1) is 10.1. The van der Waals surface area contributed by atoms with E-state index in [1.807, 2.05) is 42.3 Å². The number of rotatable bonds is 6. The second-order valence-electron chi connectivity index (χ2n) is 5.18. The number of carbonyl (C=O) groups excluding carboxylic acids is 1. The highest BCUT2D eigenvalue weighted by molar-refractivity contribution is 9.10. The third-order valence-electron chi connectivity index (χ3n) is 3.52. The van der Waals surface area contributed by atoms with Gasteiger partial charge in [0, 0.05) is 29.0 Å². The lowest BCUT2D eigenvalue weighted by molar-refractivity contribution is 0.0793. The molecular formula is C17H19Br2NO. The summed E-state index contributed by atoms with van der Waals surface area (Å²) in [5.41, 5.74) is 0.757. The summed E-state index contributed by atoms with van der Waals surface area (Å²) in [6.07, 6.45) is 3.36. The highest BCUT2D eigenvalue weighted by atomic mass is 79.9. The van der Waals surface area contributed by atoms with Crippen LogP contribution in [0.3, 0.4) is 0 Å². The average Bonchev–Trinajstić information content (AvgIpc) is 2.50. The molecule has 0 aliphatic heterocycles. The molecule has 2 aromatic carbocycles. The molecule has 2 aromatic rings. The zero-order chi connectivity index (χ0) is 15.2. The maximum absolute atomic E-state index is 12.4. The molecule has 0 aliphatic carbocycles. The molecule has 2 nitrogen and oxygen atoms in total. The lowest BCUT2D eigenvalue weighted by Crippen LogP contribution is -2.27. The summed E-state index contributed by atoms with van der Waals surface area (Å²) in [5, 5.41) is 3.27. The molecule has 0 heterocycles. The minimum atomic E-state index is 0.0960. The molecule has 0 aromatic heterocycles. The fraction of sp³-hybridized carbons (Fsp3) is 0.353.